The number of hydrogen-bond donors (Lipinski definition) is 1. The first kappa shape index (κ1) is 13.8. The van der Waals surface area contributed by atoms with Gasteiger partial charge in [0.15, 0.2) is 0 Å². The highest BCUT2D eigenvalue weighted by atomic mass is 16.2. The van der Waals surface area contributed by atoms with E-state index >= 15 is 0 Å². The first-order chi connectivity index (χ1) is 8.72. The molecule has 104 valence electrons. The van der Waals surface area contributed by atoms with Crippen LogP contribution in [-0.4, -0.2) is 54.0 Å². The SMILES string of the molecule is CC1CCCC(CN)N1C(=O)CCN1CCCC1. The molecule has 0 aromatic carbocycles. The Bertz CT molecular complexity index is 276. The lowest BCUT2D eigenvalue weighted by molar-refractivity contribution is -0.137. The fourth-order valence-electron chi connectivity index (χ4n) is 3.36. The molecule has 0 radical (unpaired) electrons. The summed E-state index contributed by atoms with van der Waals surface area (Å²) in [6.45, 7) is 6.04. The molecule has 2 atom stereocenters. The first-order valence-electron chi connectivity index (χ1n) is 7.46. The van der Waals surface area contributed by atoms with E-state index in [1.165, 1.54) is 32.4 Å². The number of likely N-dealkylation sites (tertiary alicyclic amines) is 2. The number of carbonyl (C=O) groups excluding carboxylic acids is 1. The molecule has 2 fully saturated rings. The minimum absolute atomic E-state index is 0.278. The van der Waals surface area contributed by atoms with Gasteiger partial charge in [-0.1, -0.05) is 0 Å². The standard InChI is InChI=1S/C14H27N3O/c1-12-5-4-6-13(11-15)17(12)14(18)7-10-16-8-2-3-9-16/h12-13H,2-11,15H2,1H3. The van der Waals surface area contributed by atoms with Crippen molar-refractivity contribution in [1.29, 1.82) is 0 Å². The maximum atomic E-state index is 12.4. The summed E-state index contributed by atoms with van der Waals surface area (Å²) in [6.07, 6.45) is 6.67. The lowest BCUT2D eigenvalue weighted by atomic mass is 9.96. The largest absolute Gasteiger partial charge is 0.336 e. The second kappa shape index (κ2) is 6.53. The third-order valence-corrected chi connectivity index (χ3v) is 4.43. The number of piperidine rings is 1. The van der Waals surface area contributed by atoms with Gasteiger partial charge in [-0.15, -0.1) is 0 Å². The molecule has 18 heavy (non-hydrogen) atoms. The van der Waals surface area contributed by atoms with Gasteiger partial charge < -0.3 is 15.5 Å². The molecule has 4 heteroatoms. The number of hydrogen-bond acceptors (Lipinski definition) is 3. The van der Waals surface area contributed by atoms with Crippen molar-refractivity contribution in [2.75, 3.05) is 26.2 Å². The summed E-state index contributed by atoms with van der Waals surface area (Å²) in [6, 6.07) is 0.651. The molecule has 0 aromatic heterocycles. The van der Waals surface area contributed by atoms with Gasteiger partial charge in [0.2, 0.25) is 5.91 Å². The molecule has 2 saturated heterocycles. The second-order valence-corrected chi connectivity index (χ2v) is 5.77. The predicted molar refractivity (Wildman–Crippen MR) is 73.3 cm³/mol. The van der Waals surface area contributed by atoms with E-state index in [4.69, 9.17) is 5.73 Å². The van der Waals surface area contributed by atoms with Gasteiger partial charge in [-0.05, 0) is 52.1 Å². The lowest BCUT2D eigenvalue weighted by Crippen LogP contribution is -2.52. The predicted octanol–water partition coefficient (Wildman–Crippen LogP) is 1.20. The van der Waals surface area contributed by atoms with Gasteiger partial charge in [-0.2, -0.15) is 0 Å². The molecule has 2 rings (SSSR count). The van der Waals surface area contributed by atoms with Crippen molar-refractivity contribution < 1.29 is 4.79 Å². The smallest absolute Gasteiger partial charge is 0.224 e. The Labute approximate surface area is 110 Å². The van der Waals surface area contributed by atoms with Crippen molar-refractivity contribution in [1.82, 2.24) is 9.80 Å². The van der Waals surface area contributed by atoms with Crippen LogP contribution in [-0.2, 0) is 4.79 Å². The topological polar surface area (TPSA) is 49.6 Å². The number of rotatable bonds is 4. The monoisotopic (exact) mass is 253 g/mol. The van der Waals surface area contributed by atoms with E-state index in [1.807, 2.05) is 0 Å². The lowest BCUT2D eigenvalue weighted by Gasteiger charge is -2.40. The van der Waals surface area contributed by atoms with Gasteiger partial charge in [-0.25, -0.2) is 0 Å². The summed E-state index contributed by atoms with van der Waals surface area (Å²) in [5.74, 6) is 0.310. The zero-order chi connectivity index (χ0) is 13.0. The number of carbonyl (C=O) groups is 1. The van der Waals surface area contributed by atoms with E-state index in [1.54, 1.807) is 0 Å². The fraction of sp³-hybridized carbons (Fsp3) is 0.929. The quantitative estimate of drug-likeness (QED) is 0.819. The molecule has 4 nitrogen and oxygen atoms in total. The zero-order valence-electron chi connectivity index (χ0n) is 11.6. The van der Waals surface area contributed by atoms with E-state index in [0.717, 1.165) is 19.4 Å². The third-order valence-electron chi connectivity index (χ3n) is 4.43. The normalized spacial score (nSPS) is 29.8. The van der Waals surface area contributed by atoms with Crippen molar-refractivity contribution in [3.63, 3.8) is 0 Å². The maximum absolute atomic E-state index is 12.4. The van der Waals surface area contributed by atoms with Crippen molar-refractivity contribution in [2.45, 2.75) is 57.5 Å². The molecule has 0 bridgehead atoms. The molecule has 0 aromatic rings. The van der Waals surface area contributed by atoms with Crippen LogP contribution in [0.1, 0.15) is 45.4 Å². The van der Waals surface area contributed by atoms with Gasteiger partial charge >= 0.3 is 0 Å². The van der Waals surface area contributed by atoms with Crippen molar-refractivity contribution >= 4 is 5.91 Å². The van der Waals surface area contributed by atoms with E-state index in [9.17, 15) is 4.79 Å². The van der Waals surface area contributed by atoms with Crippen LogP contribution in [0.25, 0.3) is 0 Å². The van der Waals surface area contributed by atoms with Crippen LogP contribution < -0.4 is 5.73 Å². The summed E-state index contributed by atoms with van der Waals surface area (Å²) in [4.78, 5) is 16.9. The Balaban J connectivity index is 1.84. The molecule has 1 amide bonds. The van der Waals surface area contributed by atoms with Crippen LogP contribution in [0.5, 0.6) is 0 Å². The van der Waals surface area contributed by atoms with Crippen LogP contribution in [0.4, 0.5) is 0 Å². The summed E-state index contributed by atoms with van der Waals surface area (Å²) < 4.78 is 0. The molecule has 2 heterocycles. The second-order valence-electron chi connectivity index (χ2n) is 5.77. The number of nitrogens with zero attached hydrogens (tertiary/aromatic N) is 2. The van der Waals surface area contributed by atoms with E-state index in [-0.39, 0.29) is 6.04 Å². The molecule has 0 saturated carbocycles. The zero-order valence-corrected chi connectivity index (χ0v) is 11.6. The minimum Gasteiger partial charge on any atom is -0.336 e. The van der Waals surface area contributed by atoms with Crippen LogP contribution in [0.2, 0.25) is 0 Å². The molecule has 2 N–H and O–H groups in total. The molecule has 2 aliphatic rings. The van der Waals surface area contributed by atoms with Gasteiger partial charge in [0, 0.05) is 31.6 Å². The Kier molecular flexibility index (Phi) is 5.01. The molecule has 2 aliphatic heterocycles. The van der Waals surface area contributed by atoms with Crippen LogP contribution >= 0.6 is 0 Å². The number of amides is 1. The van der Waals surface area contributed by atoms with Gasteiger partial charge in [0.1, 0.15) is 0 Å². The van der Waals surface area contributed by atoms with E-state index < -0.39 is 0 Å². The van der Waals surface area contributed by atoms with E-state index in [2.05, 4.69) is 16.7 Å². The van der Waals surface area contributed by atoms with Gasteiger partial charge in [-0.3, -0.25) is 4.79 Å². The van der Waals surface area contributed by atoms with Crippen molar-refractivity contribution in [3.05, 3.63) is 0 Å². The van der Waals surface area contributed by atoms with Crippen LogP contribution in [0.15, 0.2) is 0 Å². The van der Waals surface area contributed by atoms with Crippen LogP contribution in [0, 0.1) is 0 Å². The highest BCUT2D eigenvalue weighted by Crippen LogP contribution is 2.23. The Morgan fingerprint density at radius 2 is 1.94 bits per heavy atom. The Morgan fingerprint density at radius 1 is 1.22 bits per heavy atom. The summed E-state index contributed by atoms with van der Waals surface area (Å²) in [5.41, 5.74) is 5.81. The molecule has 0 aliphatic carbocycles. The summed E-state index contributed by atoms with van der Waals surface area (Å²) >= 11 is 0. The fourth-order valence-corrected chi connectivity index (χ4v) is 3.36. The average molecular weight is 253 g/mol. The van der Waals surface area contributed by atoms with Gasteiger partial charge in [0.25, 0.3) is 0 Å². The highest BCUT2D eigenvalue weighted by molar-refractivity contribution is 5.77. The molecular weight excluding hydrogens is 226 g/mol. The molecular formula is C14H27N3O. The van der Waals surface area contributed by atoms with Crippen LogP contribution in [0.3, 0.4) is 0 Å². The first-order valence-corrected chi connectivity index (χ1v) is 7.46. The number of nitrogens with two attached hydrogens (primary N) is 1. The summed E-state index contributed by atoms with van der Waals surface area (Å²) in [5, 5.41) is 0. The van der Waals surface area contributed by atoms with Gasteiger partial charge in [0.05, 0.1) is 0 Å². The van der Waals surface area contributed by atoms with E-state index in [0.29, 0.717) is 24.9 Å². The minimum atomic E-state index is 0.278. The van der Waals surface area contributed by atoms with Crippen molar-refractivity contribution in [3.8, 4) is 0 Å². The average Bonchev–Trinajstić information content (AvgIpc) is 2.88. The summed E-state index contributed by atoms with van der Waals surface area (Å²) in [7, 11) is 0. The molecule has 2 unspecified atom stereocenters. The third kappa shape index (κ3) is 3.23. The molecule has 0 spiro atoms. The highest BCUT2D eigenvalue weighted by Gasteiger charge is 2.30. The Hall–Kier alpha value is -0.610. The van der Waals surface area contributed by atoms with Crippen molar-refractivity contribution in [2.24, 2.45) is 5.73 Å². The maximum Gasteiger partial charge on any atom is 0.224 e. The Morgan fingerprint density at radius 3 is 2.61 bits per heavy atom.